The van der Waals surface area contributed by atoms with Gasteiger partial charge in [0, 0.05) is 18.4 Å². The molecule has 2 heteroatoms. The lowest BCUT2D eigenvalue weighted by molar-refractivity contribution is 0.413. The lowest BCUT2D eigenvalue weighted by atomic mass is 9.73. The molecule has 1 aliphatic rings. The van der Waals surface area contributed by atoms with Crippen LogP contribution in [0.1, 0.15) is 23.5 Å². The van der Waals surface area contributed by atoms with E-state index < -0.39 is 0 Å². The van der Waals surface area contributed by atoms with Crippen LogP contribution >= 0.6 is 0 Å². The predicted octanol–water partition coefficient (Wildman–Crippen LogP) is 1.18. The van der Waals surface area contributed by atoms with Gasteiger partial charge >= 0.3 is 0 Å². The molecule has 0 saturated heterocycles. The van der Waals surface area contributed by atoms with Gasteiger partial charge < -0.3 is 0 Å². The molecule has 1 aromatic rings. The normalized spacial score (nSPS) is 20.4. The van der Waals surface area contributed by atoms with Crippen molar-refractivity contribution in [2.75, 3.05) is 0 Å². The number of hydrogen-bond donors (Lipinski definition) is 2. The average Bonchev–Trinajstić information content (AvgIpc) is 2.18. The van der Waals surface area contributed by atoms with Crippen molar-refractivity contribution in [3.8, 4) is 12.3 Å². The van der Waals surface area contributed by atoms with Gasteiger partial charge in [-0.15, -0.1) is 12.3 Å². The third-order valence-electron chi connectivity index (χ3n) is 2.93. The van der Waals surface area contributed by atoms with Crippen LogP contribution in [0.15, 0.2) is 24.3 Å². The molecule has 2 unspecified atom stereocenters. The minimum Gasteiger partial charge on any atom is -0.271 e. The molecule has 1 aliphatic carbocycles. The maximum atomic E-state index is 5.48. The maximum absolute atomic E-state index is 5.48. The Balaban J connectivity index is 2.14. The van der Waals surface area contributed by atoms with E-state index in [1.54, 1.807) is 0 Å². The van der Waals surface area contributed by atoms with Crippen LogP contribution in [0.25, 0.3) is 0 Å². The van der Waals surface area contributed by atoms with Gasteiger partial charge in [0.25, 0.3) is 0 Å². The highest BCUT2D eigenvalue weighted by Crippen LogP contribution is 2.37. The van der Waals surface area contributed by atoms with Gasteiger partial charge in [0.2, 0.25) is 0 Å². The first-order valence-electron chi connectivity index (χ1n) is 4.84. The van der Waals surface area contributed by atoms with Crippen LogP contribution in [0, 0.1) is 12.3 Å². The zero-order valence-corrected chi connectivity index (χ0v) is 8.03. The van der Waals surface area contributed by atoms with Gasteiger partial charge in [0.1, 0.15) is 0 Å². The highest BCUT2D eigenvalue weighted by atomic mass is 15.2. The van der Waals surface area contributed by atoms with Crippen LogP contribution in [0.5, 0.6) is 0 Å². The fourth-order valence-electron chi connectivity index (χ4n) is 2.10. The number of benzene rings is 1. The molecule has 0 fully saturated rings. The first-order valence-corrected chi connectivity index (χ1v) is 4.84. The molecule has 0 radical (unpaired) electrons. The van der Waals surface area contributed by atoms with Crippen LogP contribution in [-0.2, 0) is 6.42 Å². The van der Waals surface area contributed by atoms with Gasteiger partial charge in [-0.3, -0.25) is 11.3 Å². The smallest absolute Gasteiger partial charge is 0.0391 e. The van der Waals surface area contributed by atoms with Gasteiger partial charge in [-0.1, -0.05) is 24.3 Å². The second kappa shape index (κ2) is 3.83. The Morgan fingerprint density at radius 1 is 1.57 bits per heavy atom. The molecule has 1 aromatic carbocycles. The quantitative estimate of drug-likeness (QED) is 0.422. The standard InChI is InChI=1S/C12H14N2/c1-2-5-12(14-13)11-8-9-6-3-4-7-10(9)11/h1,3-4,6-7,11-12,14H,5,8,13H2. The number of hydrogen-bond acceptors (Lipinski definition) is 2. The molecule has 0 aromatic heterocycles. The average molecular weight is 186 g/mol. The second-order valence-electron chi connectivity index (χ2n) is 3.69. The number of nitrogens with two attached hydrogens (primary N) is 1. The third-order valence-corrected chi connectivity index (χ3v) is 2.93. The fraction of sp³-hybridized carbons (Fsp3) is 0.333. The van der Waals surface area contributed by atoms with Crippen LogP contribution in [0.4, 0.5) is 0 Å². The zero-order chi connectivity index (χ0) is 9.97. The number of rotatable bonds is 3. The molecular formula is C12H14N2. The molecule has 2 rings (SSSR count). The minimum atomic E-state index is 0.217. The molecule has 0 bridgehead atoms. The van der Waals surface area contributed by atoms with Crippen molar-refractivity contribution in [3.63, 3.8) is 0 Å². The molecule has 14 heavy (non-hydrogen) atoms. The van der Waals surface area contributed by atoms with Crippen molar-refractivity contribution in [1.29, 1.82) is 0 Å². The van der Waals surface area contributed by atoms with E-state index in [1.165, 1.54) is 11.1 Å². The molecule has 0 amide bonds. The van der Waals surface area contributed by atoms with E-state index in [0.717, 1.165) is 6.42 Å². The van der Waals surface area contributed by atoms with E-state index in [0.29, 0.717) is 12.3 Å². The Hall–Kier alpha value is -1.30. The Bertz CT molecular complexity index is 365. The van der Waals surface area contributed by atoms with Gasteiger partial charge in [0.05, 0.1) is 0 Å². The number of terminal acetylenes is 1. The van der Waals surface area contributed by atoms with Gasteiger partial charge in [-0.05, 0) is 17.5 Å². The summed E-state index contributed by atoms with van der Waals surface area (Å²) in [6.07, 6.45) is 7.08. The van der Waals surface area contributed by atoms with Crippen molar-refractivity contribution >= 4 is 0 Å². The molecule has 0 aliphatic heterocycles. The van der Waals surface area contributed by atoms with Crippen molar-refractivity contribution in [3.05, 3.63) is 35.4 Å². The summed E-state index contributed by atoms with van der Waals surface area (Å²) in [4.78, 5) is 0. The Morgan fingerprint density at radius 2 is 2.36 bits per heavy atom. The Kier molecular flexibility index (Phi) is 2.53. The van der Waals surface area contributed by atoms with Crippen molar-refractivity contribution in [2.45, 2.75) is 24.8 Å². The summed E-state index contributed by atoms with van der Waals surface area (Å²) in [7, 11) is 0. The summed E-state index contributed by atoms with van der Waals surface area (Å²) in [5.74, 6) is 8.63. The number of hydrazine groups is 1. The van der Waals surface area contributed by atoms with Crippen LogP contribution in [0.3, 0.4) is 0 Å². The largest absolute Gasteiger partial charge is 0.271 e. The van der Waals surface area contributed by atoms with E-state index in [1.807, 2.05) is 0 Å². The van der Waals surface area contributed by atoms with Crippen LogP contribution < -0.4 is 11.3 Å². The first-order chi connectivity index (χ1) is 6.86. The van der Waals surface area contributed by atoms with Gasteiger partial charge in [-0.25, -0.2) is 0 Å². The van der Waals surface area contributed by atoms with E-state index >= 15 is 0 Å². The first kappa shape index (κ1) is 9.26. The summed E-state index contributed by atoms with van der Waals surface area (Å²) in [6.45, 7) is 0. The molecule has 3 N–H and O–H groups in total. The van der Waals surface area contributed by atoms with Gasteiger partial charge in [0.15, 0.2) is 0 Å². The summed E-state index contributed by atoms with van der Waals surface area (Å²) in [5.41, 5.74) is 5.62. The monoisotopic (exact) mass is 186 g/mol. The predicted molar refractivity (Wildman–Crippen MR) is 57.4 cm³/mol. The second-order valence-corrected chi connectivity index (χ2v) is 3.69. The highest BCUT2D eigenvalue weighted by molar-refractivity contribution is 5.41. The molecule has 0 saturated carbocycles. The SMILES string of the molecule is C#CCC(NN)C1Cc2ccccc21. The fourth-order valence-corrected chi connectivity index (χ4v) is 2.10. The highest BCUT2D eigenvalue weighted by Gasteiger charge is 2.31. The van der Waals surface area contributed by atoms with Crippen molar-refractivity contribution in [1.82, 2.24) is 5.43 Å². The van der Waals surface area contributed by atoms with Crippen LogP contribution in [0.2, 0.25) is 0 Å². The van der Waals surface area contributed by atoms with Crippen molar-refractivity contribution in [2.24, 2.45) is 5.84 Å². The summed E-state index contributed by atoms with van der Waals surface area (Å²) in [6, 6.07) is 8.67. The summed E-state index contributed by atoms with van der Waals surface area (Å²) < 4.78 is 0. The third kappa shape index (κ3) is 1.41. The van der Waals surface area contributed by atoms with E-state index in [4.69, 9.17) is 12.3 Å². The molecule has 0 heterocycles. The zero-order valence-electron chi connectivity index (χ0n) is 8.03. The van der Waals surface area contributed by atoms with Crippen molar-refractivity contribution < 1.29 is 0 Å². The molecular weight excluding hydrogens is 172 g/mol. The van der Waals surface area contributed by atoms with Crippen LogP contribution in [-0.4, -0.2) is 6.04 Å². The minimum absolute atomic E-state index is 0.217. The topological polar surface area (TPSA) is 38.0 Å². The molecule has 0 spiro atoms. The number of nitrogens with one attached hydrogen (secondary N) is 1. The molecule has 2 nitrogen and oxygen atoms in total. The van der Waals surface area contributed by atoms with E-state index in [-0.39, 0.29) is 6.04 Å². The lowest BCUT2D eigenvalue weighted by Gasteiger charge is -2.35. The lowest BCUT2D eigenvalue weighted by Crippen LogP contribution is -2.43. The van der Waals surface area contributed by atoms with E-state index in [2.05, 4.69) is 35.6 Å². The number of fused-ring (bicyclic) bond motifs is 1. The molecule has 2 atom stereocenters. The summed E-state index contributed by atoms with van der Waals surface area (Å²) in [5, 5.41) is 0. The Morgan fingerprint density at radius 3 is 3.00 bits per heavy atom. The summed E-state index contributed by atoms with van der Waals surface area (Å²) >= 11 is 0. The van der Waals surface area contributed by atoms with Gasteiger partial charge in [-0.2, -0.15) is 0 Å². The van der Waals surface area contributed by atoms with E-state index in [9.17, 15) is 0 Å². The maximum Gasteiger partial charge on any atom is 0.0391 e. The molecule has 72 valence electrons. The Labute approximate surface area is 84.5 Å².